The minimum Gasteiger partial charge on any atom is -0.478 e. The number of urea groups is 1. The van der Waals surface area contributed by atoms with E-state index in [2.05, 4.69) is 5.32 Å². The Labute approximate surface area is 123 Å². The van der Waals surface area contributed by atoms with Gasteiger partial charge in [0, 0.05) is 13.1 Å². The molecule has 2 amide bonds. The lowest BCUT2D eigenvalue weighted by Crippen LogP contribution is -2.38. The zero-order chi connectivity index (χ0) is 14.8. The number of rotatable bonds is 6. The van der Waals surface area contributed by atoms with Gasteiger partial charge in [-0.05, 0) is 49.7 Å². The molecule has 0 atom stereocenters. The molecule has 2 aliphatic carbocycles. The third-order valence-corrected chi connectivity index (χ3v) is 4.04. The van der Waals surface area contributed by atoms with Crippen LogP contribution in [0.1, 0.15) is 36.0 Å². The summed E-state index contributed by atoms with van der Waals surface area (Å²) in [6.45, 7) is 1.58. The average Bonchev–Trinajstić information content (AvgIpc) is 3.33. The Morgan fingerprint density at radius 2 is 1.67 bits per heavy atom. The maximum atomic E-state index is 12.4. The maximum Gasteiger partial charge on any atom is 0.337 e. The number of amides is 2. The molecule has 2 aliphatic rings. The van der Waals surface area contributed by atoms with Crippen LogP contribution in [0, 0.1) is 11.8 Å². The molecular weight excluding hydrogens is 268 g/mol. The van der Waals surface area contributed by atoms with Crippen LogP contribution >= 0.6 is 0 Å². The summed E-state index contributed by atoms with van der Waals surface area (Å²) < 4.78 is 0. The number of nitrogens with one attached hydrogen (secondary N) is 1. The number of carboxylic acid groups (broad SMARTS) is 1. The zero-order valence-corrected chi connectivity index (χ0v) is 11.9. The lowest BCUT2D eigenvalue weighted by molar-refractivity contribution is 0.0698. The van der Waals surface area contributed by atoms with E-state index in [4.69, 9.17) is 5.11 Å². The highest BCUT2D eigenvalue weighted by molar-refractivity contribution is 5.99. The molecule has 5 heteroatoms. The van der Waals surface area contributed by atoms with Crippen LogP contribution in [0.25, 0.3) is 0 Å². The van der Waals surface area contributed by atoms with Gasteiger partial charge in [-0.15, -0.1) is 0 Å². The number of nitrogens with zero attached hydrogens (tertiary/aromatic N) is 1. The monoisotopic (exact) mass is 288 g/mol. The number of anilines is 1. The summed E-state index contributed by atoms with van der Waals surface area (Å²) in [5.74, 6) is 0.232. The van der Waals surface area contributed by atoms with Gasteiger partial charge >= 0.3 is 12.0 Å². The van der Waals surface area contributed by atoms with E-state index in [1.807, 2.05) is 4.90 Å². The van der Waals surface area contributed by atoms with Gasteiger partial charge in [-0.2, -0.15) is 0 Å². The Balaban J connectivity index is 1.69. The van der Waals surface area contributed by atoms with Gasteiger partial charge in [0.25, 0.3) is 0 Å². The van der Waals surface area contributed by atoms with E-state index in [1.54, 1.807) is 18.2 Å². The van der Waals surface area contributed by atoms with Crippen molar-refractivity contribution in [1.82, 2.24) is 4.90 Å². The zero-order valence-electron chi connectivity index (χ0n) is 11.9. The number of hydrogen-bond donors (Lipinski definition) is 2. The van der Waals surface area contributed by atoms with Gasteiger partial charge < -0.3 is 15.3 Å². The molecule has 1 aromatic rings. The highest BCUT2D eigenvalue weighted by atomic mass is 16.4. The quantitative estimate of drug-likeness (QED) is 0.845. The molecule has 0 aliphatic heterocycles. The van der Waals surface area contributed by atoms with Crippen LogP contribution < -0.4 is 5.32 Å². The molecule has 0 aromatic heterocycles. The van der Waals surface area contributed by atoms with Crippen molar-refractivity contribution in [2.24, 2.45) is 11.8 Å². The van der Waals surface area contributed by atoms with Gasteiger partial charge in [-0.1, -0.05) is 12.1 Å². The molecule has 0 spiro atoms. The van der Waals surface area contributed by atoms with Crippen LogP contribution in [0.15, 0.2) is 24.3 Å². The van der Waals surface area contributed by atoms with E-state index >= 15 is 0 Å². The highest BCUT2D eigenvalue weighted by Crippen LogP contribution is 2.34. The van der Waals surface area contributed by atoms with Crippen LogP contribution in [0.4, 0.5) is 10.5 Å². The Hall–Kier alpha value is -2.04. The second-order valence-electron chi connectivity index (χ2n) is 6.07. The van der Waals surface area contributed by atoms with Crippen molar-refractivity contribution >= 4 is 17.7 Å². The van der Waals surface area contributed by atoms with Crippen molar-refractivity contribution in [2.45, 2.75) is 25.7 Å². The number of carbonyl (C=O) groups is 2. The fourth-order valence-corrected chi connectivity index (χ4v) is 2.44. The first kappa shape index (κ1) is 13.9. The summed E-state index contributed by atoms with van der Waals surface area (Å²) >= 11 is 0. The Morgan fingerprint density at radius 3 is 2.19 bits per heavy atom. The molecule has 5 nitrogen and oxygen atoms in total. The predicted octanol–water partition coefficient (Wildman–Crippen LogP) is 3.04. The Kier molecular flexibility index (Phi) is 3.82. The molecular formula is C16H20N2O3. The number of para-hydroxylation sites is 1. The average molecular weight is 288 g/mol. The predicted molar refractivity (Wildman–Crippen MR) is 79.4 cm³/mol. The van der Waals surface area contributed by atoms with Gasteiger partial charge in [0.1, 0.15) is 0 Å². The van der Waals surface area contributed by atoms with Crippen molar-refractivity contribution in [3.05, 3.63) is 29.8 Å². The molecule has 0 heterocycles. The van der Waals surface area contributed by atoms with E-state index in [9.17, 15) is 9.59 Å². The molecule has 0 bridgehead atoms. The third kappa shape index (κ3) is 3.74. The summed E-state index contributed by atoms with van der Waals surface area (Å²) in [4.78, 5) is 25.5. The topological polar surface area (TPSA) is 69.6 Å². The van der Waals surface area contributed by atoms with Crippen LogP contribution in [0.5, 0.6) is 0 Å². The first-order valence-electron chi connectivity index (χ1n) is 7.51. The lowest BCUT2D eigenvalue weighted by Gasteiger charge is -2.23. The number of hydrogen-bond acceptors (Lipinski definition) is 2. The van der Waals surface area contributed by atoms with Gasteiger partial charge in [0.2, 0.25) is 0 Å². The number of carboxylic acids is 1. The SMILES string of the molecule is O=C(O)c1ccccc1NC(=O)N(CC1CC1)CC1CC1. The standard InChI is InChI=1S/C16H20N2O3/c19-15(20)13-3-1-2-4-14(13)17-16(21)18(9-11-5-6-11)10-12-7-8-12/h1-4,11-12H,5-10H2,(H,17,21)(H,19,20). The molecule has 112 valence electrons. The van der Waals surface area contributed by atoms with E-state index in [0.29, 0.717) is 17.5 Å². The molecule has 0 unspecified atom stereocenters. The van der Waals surface area contributed by atoms with Gasteiger partial charge in [0.05, 0.1) is 11.3 Å². The van der Waals surface area contributed by atoms with E-state index < -0.39 is 5.97 Å². The van der Waals surface area contributed by atoms with Crippen LogP contribution in [0.3, 0.4) is 0 Å². The minimum atomic E-state index is -1.03. The fourth-order valence-electron chi connectivity index (χ4n) is 2.44. The molecule has 21 heavy (non-hydrogen) atoms. The number of aromatic carboxylic acids is 1. The Bertz CT molecular complexity index is 536. The lowest BCUT2D eigenvalue weighted by atomic mass is 10.2. The van der Waals surface area contributed by atoms with Crippen molar-refractivity contribution in [2.75, 3.05) is 18.4 Å². The third-order valence-electron chi connectivity index (χ3n) is 4.04. The minimum absolute atomic E-state index is 0.128. The second kappa shape index (κ2) is 5.76. The molecule has 0 saturated heterocycles. The second-order valence-corrected chi connectivity index (χ2v) is 6.07. The Morgan fingerprint density at radius 1 is 1.10 bits per heavy atom. The van der Waals surface area contributed by atoms with Gasteiger partial charge in [-0.25, -0.2) is 9.59 Å². The van der Waals surface area contributed by atoms with E-state index in [-0.39, 0.29) is 11.6 Å². The smallest absolute Gasteiger partial charge is 0.337 e. The normalized spacial score (nSPS) is 17.3. The van der Waals surface area contributed by atoms with E-state index in [1.165, 1.54) is 31.7 Å². The van der Waals surface area contributed by atoms with Crippen molar-refractivity contribution in [3.8, 4) is 0 Å². The van der Waals surface area contributed by atoms with Crippen LogP contribution in [-0.2, 0) is 0 Å². The molecule has 2 N–H and O–H groups in total. The summed E-state index contributed by atoms with van der Waals surface area (Å²) in [5.41, 5.74) is 0.496. The summed E-state index contributed by atoms with van der Waals surface area (Å²) in [6.07, 6.45) is 4.78. The van der Waals surface area contributed by atoms with Crippen molar-refractivity contribution in [3.63, 3.8) is 0 Å². The number of carbonyl (C=O) groups excluding carboxylic acids is 1. The first-order chi connectivity index (χ1) is 10.1. The van der Waals surface area contributed by atoms with Gasteiger partial charge in [-0.3, -0.25) is 0 Å². The van der Waals surface area contributed by atoms with Gasteiger partial charge in [0.15, 0.2) is 0 Å². The van der Waals surface area contributed by atoms with Crippen LogP contribution in [-0.4, -0.2) is 35.1 Å². The molecule has 2 saturated carbocycles. The van der Waals surface area contributed by atoms with Crippen LogP contribution in [0.2, 0.25) is 0 Å². The summed E-state index contributed by atoms with van der Waals surface area (Å²) in [7, 11) is 0. The van der Waals surface area contributed by atoms with E-state index in [0.717, 1.165) is 13.1 Å². The first-order valence-corrected chi connectivity index (χ1v) is 7.51. The molecule has 1 aromatic carbocycles. The number of benzene rings is 1. The largest absolute Gasteiger partial charge is 0.478 e. The van der Waals surface area contributed by atoms with Crippen molar-refractivity contribution in [1.29, 1.82) is 0 Å². The fraction of sp³-hybridized carbons (Fsp3) is 0.500. The molecule has 0 radical (unpaired) electrons. The molecule has 3 rings (SSSR count). The summed E-state index contributed by atoms with van der Waals surface area (Å²) in [6, 6.07) is 6.35. The highest BCUT2D eigenvalue weighted by Gasteiger charge is 2.31. The molecule has 2 fully saturated rings. The summed E-state index contributed by atoms with van der Waals surface area (Å²) in [5, 5.41) is 11.9. The van der Waals surface area contributed by atoms with Crippen molar-refractivity contribution < 1.29 is 14.7 Å². The maximum absolute atomic E-state index is 12.4.